The molecule has 3 nitrogen and oxygen atoms in total. The molecular weight excluding hydrogens is 248 g/mol. The second-order valence-corrected chi connectivity index (χ2v) is 6.02. The number of benzene rings is 1. The highest BCUT2D eigenvalue weighted by atomic mass is 16.1. The average Bonchev–Trinajstić information content (AvgIpc) is 2.48. The van der Waals surface area contributed by atoms with Gasteiger partial charge in [-0.15, -0.1) is 0 Å². The molecule has 0 saturated heterocycles. The van der Waals surface area contributed by atoms with E-state index < -0.39 is 5.54 Å². The molecule has 1 amide bonds. The summed E-state index contributed by atoms with van der Waals surface area (Å²) in [5, 5.41) is 3.51. The third-order valence-electron chi connectivity index (χ3n) is 4.53. The molecule has 3 N–H and O–H groups in total. The van der Waals surface area contributed by atoms with Crippen LogP contribution in [-0.2, 0) is 16.8 Å². The van der Waals surface area contributed by atoms with Crippen LogP contribution >= 0.6 is 0 Å². The Bertz CT molecular complexity index is 449. The summed E-state index contributed by atoms with van der Waals surface area (Å²) in [7, 11) is 0. The predicted molar refractivity (Wildman–Crippen MR) is 82.4 cm³/mol. The molecule has 1 aromatic rings. The summed E-state index contributed by atoms with van der Waals surface area (Å²) in [6, 6.07) is 8.61. The molecule has 1 atom stereocenters. The molecule has 0 aliphatic heterocycles. The zero-order valence-electron chi connectivity index (χ0n) is 12.6. The van der Waals surface area contributed by atoms with Gasteiger partial charge in [0.15, 0.2) is 0 Å². The Morgan fingerprint density at radius 2 is 1.85 bits per heavy atom. The largest absolute Gasteiger partial charge is 0.368 e. The molecule has 1 saturated carbocycles. The summed E-state index contributed by atoms with van der Waals surface area (Å²) in [4.78, 5) is 12.0. The van der Waals surface area contributed by atoms with Gasteiger partial charge in [-0.3, -0.25) is 10.1 Å². The van der Waals surface area contributed by atoms with Crippen LogP contribution in [0.5, 0.6) is 0 Å². The number of carbonyl (C=O) groups excluding carboxylic acids is 1. The van der Waals surface area contributed by atoms with Crippen molar-refractivity contribution < 1.29 is 4.79 Å². The molecule has 3 heteroatoms. The van der Waals surface area contributed by atoms with Gasteiger partial charge in [0.2, 0.25) is 5.91 Å². The van der Waals surface area contributed by atoms with Gasteiger partial charge in [-0.05, 0) is 37.3 Å². The number of rotatable bonds is 5. The molecule has 1 aliphatic rings. The minimum Gasteiger partial charge on any atom is -0.368 e. The third-order valence-corrected chi connectivity index (χ3v) is 4.53. The number of hydrogen-bond donors (Lipinski definition) is 2. The maximum Gasteiger partial charge on any atom is 0.242 e. The standard InChI is InChI=1S/C17H26N2O/c1-3-13-9-11-14(12-10-13)17(2,16(18)20)19-15-7-5-4-6-8-15/h9-12,15,19H,3-8H2,1-2H3,(H2,18,20). The van der Waals surface area contributed by atoms with E-state index in [0.29, 0.717) is 6.04 Å². The van der Waals surface area contributed by atoms with Gasteiger partial charge in [0.1, 0.15) is 5.54 Å². The molecule has 20 heavy (non-hydrogen) atoms. The molecule has 2 rings (SSSR count). The summed E-state index contributed by atoms with van der Waals surface area (Å²) in [6.07, 6.45) is 7.05. The SMILES string of the molecule is CCc1ccc(C(C)(NC2CCCCC2)C(N)=O)cc1. The van der Waals surface area contributed by atoms with Crippen LogP contribution in [0.25, 0.3) is 0 Å². The van der Waals surface area contributed by atoms with E-state index >= 15 is 0 Å². The third kappa shape index (κ3) is 3.21. The van der Waals surface area contributed by atoms with Crippen molar-refractivity contribution in [1.29, 1.82) is 0 Å². The molecule has 0 spiro atoms. The van der Waals surface area contributed by atoms with E-state index in [1.807, 2.05) is 19.1 Å². The molecule has 0 heterocycles. The molecule has 0 radical (unpaired) electrons. The van der Waals surface area contributed by atoms with Crippen molar-refractivity contribution in [3.8, 4) is 0 Å². The number of hydrogen-bond acceptors (Lipinski definition) is 2. The number of aryl methyl sites for hydroxylation is 1. The van der Waals surface area contributed by atoms with Crippen LogP contribution in [0.3, 0.4) is 0 Å². The van der Waals surface area contributed by atoms with Gasteiger partial charge >= 0.3 is 0 Å². The Morgan fingerprint density at radius 1 is 1.25 bits per heavy atom. The van der Waals surface area contributed by atoms with Crippen molar-refractivity contribution in [3.05, 3.63) is 35.4 Å². The molecule has 1 fully saturated rings. The second-order valence-electron chi connectivity index (χ2n) is 6.02. The topological polar surface area (TPSA) is 55.1 Å². The number of nitrogens with two attached hydrogens (primary N) is 1. The van der Waals surface area contributed by atoms with E-state index in [1.54, 1.807) is 0 Å². The van der Waals surface area contributed by atoms with E-state index in [-0.39, 0.29) is 5.91 Å². The van der Waals surface area contributed by atoms with Crippen molar-refractivity contribution in [1.82, 2.24) is 5.32 Å². The van der Waals surface area contributed by atoms with Gasteiger partial charge in [0.05, 0.1) is 0 Å². The first-order valence-electron chi connectivity index (χ1n) is 7.73. The van der Waals surface area contributed by atoms with Gasteiger partial charge in [-0.2, -0.15) is 0 Å². The van der Waals surface area contributed by atoms with Crippen molar-refractivity contribution in [2.45, 2.75) is 64.0 Å². The molecule has 0 aromatic heterocycles. The smallest absolute Gasteiger partial charge is 0.242 e. The van der Waals surface area contributed by atoms with Gasteiger partial charge in [-0.25, -0.2) is 0 Å². The molecule has 1 aromatic carbocycles. The fourth-order valence-electron chi connectivity index (χ4n) is 3.03. The van der Waals surface area contributed by atoms with Crippen LogP contribution in [-0.4, -0.2) is 11.9 Å². The quantitative estimate of drug-likeness (QED) is 0.867. The molecule has 0 bridgehead atoms. The highest BCUT2D eigenvalue weighted by Crippen LogP contribution is 2.26. The highest BCUT2D eigenvalue weighted by molar-refractivity contribution is 5.85. The normalized spacial score (nSPS) is 19.5. The lowest BCUT2D eigenvalue weighted by Crippen LogP contribution is -2.54. The lowest BCUT2D eigenvalue weighted by molar-refractivity contribution is -0.124. The lowest BCUT2D eigenvalue weighted by atomic mass is 9.86. The summed E-state index contributed by atoms with van der Waals surface area (Å²) in [6.45, 7) is 4.04. The zero-order chi connectivity index (χ0) is 14.6. The highest BCUT2D eigenvalue weighted by Gasteiger charge is 2.35. The number of primary amides is 1. The van der Waals surface area contributed by atoms with Crippen LogP contribution in [0, 0.1) is 0 Å². The van der Waals surface area contributed by atoms with Crippen LogP contribution < -0.4 is 11.1 Å². The van der Waals surface area contributed by atoms with Gasteiger partial charge in [0.25, 0.3) is 0 Å². The van der Waals surface area contributed by atoms with Gasteiger partial charge < -0.3 is 5.73 Å². The lowest BCUT2D eigenvalue weighted by Gasteiger charge is -2.35. The number of amides is 1. The first-order chi connectivity index (χ1) is 9.56. The maximum atomic E-state index is 12.0. The fourth-order valence-corrected chi connectivity index (χ4v) is 3.03. The fraction of sp³-hybridized carbons (Fsp3) is 0.588. The number of carbonyl (C=O) groups is 1. The van der Waals surface area contributed by atoms with Gasteiger partial charge in [-0.1, -0.05) is 50.5 Å². The predicted octanol–water partition coefficient (Wildman–Crippen LogP) is 2.87. The van der Waals surface area contributed by atoms with Crippen molar-refractivity contribution in [2.75, 3.05) is 0 Å². The summed E-state index contributed by atoms with van der Waals surface area (Å²) in [5.74, 6) is -0.299. The molecule has 1 aliphatic carbocycles. The van der Waals surface area contributed by atoms with E-state index in [4.69, 9.17) is 5.73 Å². The minimum atomic E-state index is -0.770. The van der Waals surface area contributed by atoms with E-state index in [0.717, 1.165) is 24.8 Å². The summed E-state index contributed by atoms with van der Waals surface area (Å²) < 4.78 is 0. The first-order valence-corrected chi connectivity index (χ1v) is 7.73. The Labute approximate surface area is 121 Å². The average molecular weight is 274 g/mol. The zero-order valence-corrected chi connectivity index (χ0v) is 12.6. The van der Waals surface area contributed by atoms with Crippen molar-refractivity contribution >= 4 is 5.91 Å². The van der Waals surface area contributed by atoms with E-state index in [2.05, 4.69) is 24.4 Å². The van der Waals surface area contributed by atoms with Crippen LogP contribution in [0.1, 0.15) is 57.1 Å². The summed E-state index contributed by atoms with van der Waals surface area (Å²) in [5.41, 5.74) is 7.16. The molecule has 1 unspecified atom stereocenters. The second kappa shape index (κ2) is 6.40. The summed E-state index contributed by atoms with van der Waals surface area (Å²) >= 11 is 0. The number of nitrogens with one attached hydrogen (secondary N) is 1. The van der Waals surface area contributed by atoms with E-state index in [1.165, 1.54) is 24.8 Å². The Hall–Kier alpha value is -1.35. The van der Waals surface area contributed by atoms with Crippen molar-refractivity contribution in [2.24, 2.45) is 5.73 Å². The Morgan fingerprint density at radius 3 is 2.35 bits per heavy atom. The van der Waals surface area contributed by atoms with Crippen LogP contribution in [0.4, 0.5) is 0 Å². The Balaban J connectivity index is 2.20. The van der Waals surface area contributed by atoms with E-state index in [9.17, 15) is 4.79 Å². The first kappa shape index (κ1) is 15.0. The maximum absolute atomic E-state index is 12.0. The molecule has 110 valence electrons. The Kier molecular flexibility index (Phi) is 4.81. The monoisotopic (exact) mass is 274 g/mol. The van der Waals surface area contributed by atoms with Crippen LogP contribution in [0.15, 0.2) is 24.3 Å². The molecular formula is C17H26N2O. The van der Waals surface area contributed by atoms with Gasteiger partial charge in [0, 0.05) is 6.04 Å². The minimum absolute atomic E-state index is 0.299. The van der Waals surface area contributed by atoms with Crippen LogP contribution in [0.2, 0.25) is 0 Å². The van der Waals surface area contributed by atoms with Crippen molar-refractivity contribution in [3.63, 3.8) is 0 Å².